The zero-order valence-electron chi connectivity index (χ0n) is 12.0. The Morgan fingerprint density at radius 3 is 2.55 bits per heavy atom. The van der Waals surface area contributed by atoms with E-state index in [-0.39, 0.29) is 6.61 Å². The Labute approximate surface area is 120 Å². The zero-order valence-corrected chi connectivity index (χ0v) is 12.0. The maximum Gasteiger partial charge on any atom is 0.174 e. The lowest BCUT2D eigenvalue weighted by molar-refractivity contribution is 0.322. The summed E-state index contributed by atoms with van der Waals surface area (Å²) in [6, 6.07) is 11.2. The van der Waals surface area contributed by atoms with E-state index in [9.17, 15) is 0 Å². The van der Waals surface area contributed by atoms with Gasteiger partial charge in [-0.2, -0.15) is 5.26 Å². The van der Waals surface area contributed by atoms with E-state index < -0.39 is 0 Å². The van der Waals surface area contributed by atoms with E-state index >= 15 is 0 Å². The van der Waals surface area contributed by atoms with Gasteiger partial charge < -0.3 is 15.8 Å². The van der Waals surface area contributed by atoms with Gasteiger partial charge in [-0.05, 0) is 50.3 Å². The van der Waals surface area contributed by atoms with Gasteiger partial charge in [-0.25, -0.2) is 0 Å². The largest absolute Gasteiger partial charge is 0.479 e. The summed E-state index contributed by atoms with van der Waals surface area (Å²) >= 11 is 0. The Kier molecular flexibility index (Phi) is 5.40. The molecule has 1 aromatic carbocycles. The third-order valence-electron chi connectivity index (χ3n) is 3.94. The van der Waals surface area contributed by atoms with Gasteiger partial charge in [0, 0.05) is 18.1 Å². The Hall–Kier alpha value is -1.57. The summed E-state index contributed by atoms with van der Waals surface area (Å²) in [4.78, 5) is 0. The summed E-state index contributed by atoms with van der Waals surface area (Å²) < 4.78 is 5.26. The van der Waals surface area contributed by atoms with Crippen LogP contribution in [-0.2, 0) is 0 Å². The molecule has 20 heavy (non-hydrogen) atoms. The maximum absolute atomic E-state index is 8.48. The topological polar surface area (TPSA) is 71.1 Å². The number of nitrogens with zero attached hydrogens (tertiary/aromatic N) is 1. The highest BCUT2D eigenvalue weighted by molar-refractivity contribution is 5.29. The number of ether oxygens (including phenoxy) is 1. The third kappa shape index (κ3) is 4.22. The molecule has 0 aliphatic heterocycles. The quantitative estimate of drug-likeness (QED) is 0.864. The highest BCUT2D eigenvalue weighted by Crippen LogP contribution is 2.22. The van der Waals surface area contributed by atoms with Crippen molar-refractivity contribution >= 4 is 0 Å². The van der Waals surface area contributed by atoms with Gasteiger partial charge in [0.2, 0.25) is 0 Å². The molecule has 0 amide bonds. The molecule has 3 N–H and O–H groups in total. The first-order valence-electron chi connectivity index (χ1n) is 7.30. The van der Waals surface area contributed by atoms with E-state index in [0.29, 0.717) is 18.1 Å². The number of nitrogens with two attached hydrogens (primary N) is 1. The van der Waals surface area contributed by atoms with Crippen LogP contribution in [0.4, 0.5) is 0 Å². The van der Waals surface area contributed by atoms with Crippen molar-refractivity contribution in [3.8, 4) is 11.8 Å². The third-order valence-corrected chi connectivity index (χ3v) is 3.94. The van der Waals surface area contributed by atoms with Crippen molar-refractivity contribution in [3.63, 3.8) is 0 Å². The predicted octanol–water partition coefficient (Wildman–Crippen LogP) is 2.51. The molecule has 1 aliphatic rings. The number of hydrogen-bond acceptors (Lipinski definition) is 4. The molecular weight excluding hydrogens is 250 g/mol. The number of nitriles is 1. The highest BCUT2D eigenvalue weighted by atomic mass is 16.5. The standard InChI is InChI=1S/C16H23N3O/c1-12(19-15-6-4-14(18)5-7-15)13-2-8-16(9-3-13)20-11-10-17/h2-3,8-9,12,14-15,19H,4-7,11,18H2,1H3. The van der Waals surface area contributed by atoms with Crippen molar-refractivity contribution in [1.82, 2.24) is 5.32 Å². The molecule has 4 heteroatoms. The lowest BCUT2D eigenvalue weighted by atomic mass is 9.91. The van der Waals surface area contributed by atoms with Gasteiger partial charge in [0.05, 0.1) is 0 Å². The van der Waals surface area contributed by atoms with Crippen LogP contribution < -0.4 is 15.8 Å². The number of rotatable bonds is 5. The Balaban J connectivity index is 1.85. The Morgan fingerprint density at radius 1 is 1.30 bits per heavy atom. The predicted molar refractivity (Wildman–Crippen MR) is 79.3 cm³/mol. The summed E-state index contributed by atoms with van der Waals surface area (Å²) in [5.74, 6) is 0.742. The average molecular weight is 273 g/mol. The van der Waals surface area contributed by atoms with Crippen LogP contribution in [0.5, 0.6) is 5.75 Å². The van der Waals surface area contributed by atoms with Crippen LogP contribution in [0, 0.1) is 11.3 Å². The first-order valence-corrected chi connectivity index (χ1v) is 7.30. The summed E-state index contributed by atoms with van der Waals surface area (Å²) in [6.07, 6.45) is 4.56. The lowest BCUT2D eigenvalue weighted by Crippen LogP contribution is -2.38. The van der Waals surface area contributed by atoms with Gasteiger partial charge in [-0.1, -0.05) is 12.1 Å². The second-order valence-electron chi connectivity index (χ2n) is 5.52. The average Bonchev–Trinajstić information content (AvgIpc) is 2.48. The lowest BCUT2D eigenvalue weighted by Gasteiger charge is -2.29. The minimum absolute atomic E-state index is 0.0927. The minimum Gasteiger partial charge on any atom is -0.479 e. The molecule has 1 saturated carbocycles. The SMILES string of the molecule is CC(NC1CCC(N)CC1)c1ccc(OCC#N)cc1. The monoisotopic (exact) mass is 273 g/mol. The summed E-state index contributed by atoms with van der Waals surface area (Å²) in [5.41, 5.74) is 7.17. The minimum atomic E-state index is 0.0927. The fraction of sp³-hybridized carbons (Fsp3) is 0.562. The molecule has 4 nitrogen and oxygen atoms in total. The number of hydrogen-bond donors (Lipinski definition) is 2. The van der Waals surface area contributed by atoms with Gasteiger partial charge in [0.25, 0.3) is 0 Å². The van der Waals surface area contributed by atoms with E-state index in [1.54, 1.807) is 0 Å². The number of benzene rings is 1. The number of nitrogens with one attached hydrogen (secondary N) is 1. The van der Waals surface area contributed by atoms with Gasteiger partial charge in [0.15, 0.2) is 6.61 Å². The smallest absolute Gasteiger partial charge is 0.174 e. The molecule has 108 valence electrons. The molecule has 0 saturated heterocycles. The van der Waals surface area contributed by atoms with Crippen molar-refractivity contribution in [2.45, 2.75) is 50.7 Å². The first-order chi connectivity index (χ1) is 9.69. The Bertz CT molecular complexity index is 444. The fourth-order valence-corrected chi connectivity index (χ4v) is 2.70. The summed E-state index contributed by atoms with van der Waals surface area (Å²) in [5, 5.41) is 12.1. The van der Waals surface area contributed by atoms with Gasteiger partial charge >= 0.3 is 0 Å². The maximum atomic E-state index is 8.48. The summed E-state index contributed by atoms with van der Waals surface area (Å²) in [7, 11) is 0. The van der Waals surface area contributed by atoms with Crippen LogP contribution in [0.3, 0.4) is 0 Å². The van der Waals surface area contributed by atoms with Gasteiger partial charge in [-0.15, -0.1) is 0 Å². The van der Waals surface area contributed by atoms with Crippen LogP contribution in [0.2, 0.25) is 0 Å². The highest BCUT2D eigenvalue weighted by Gasteiger charge is 2.20. The molecular formula is C16H23N3O. The molecule has 1 unspecified atom stereocenters. The Morgan fingerprint density at radius 2 is 1.95 bits per heavy atom. The second-order valence-corrected chi connectivity index (χ2v) is 5.52. The van der Waals surface area contributed by atoms with Crippen LogP contribution in [0.25, 0.3) is 0 Å². The van der Waals surface area contributed by atoms with E-state index in [1.807, 2.05) is 18.2 Å². The van der Waals surface area contributed by atoms with Crippen molar-refractivity contribution in [2.75, 3.05) is 6.61 Å². The van der Waals surface area contributed by atoms with E-state index in [0.717, 1.165) is 31.4 Å². The second kappa shape index (κ2) is 7.28. The van der Waals surface area contributed by atoms with Crippen LogP contribution in [0.15, 0.2) is 24.3 Å². The van der Waals surface area contributed by atoms with Gasteiger partial charge in [-0.3, -0.25) is 0 Å². The molecule has 1 aromatic rings. The van der Waals surface area contributed by atoms with E-state index in [2.05, 4.69) is 24.4 Å². The van der Waals surface area contributed by atoms with Crippen LogP contribution in [-0.4, -0.2) is 18.7 Å². The van der Waals surface area contributed by atoms with Crippen molar-refractivity contribution in [2.24, 2.45) is 5.73 Å². The van der Waals surface area contributed by atoms with Gasteiger partial charge in [0.1, 0.15) is 11.8 Å². The van der Waals surface area contributed by atoms with Crippen molar-refractivity contribution in [3.05, 3.63) is 29.8 Å². The fourth-order valence-electron chi connectivity index (χ4n) is 2.70. The van der Waals surface area contributed by atoms with Crippen molar-refractivity contribution in [1.29, 1.82) is 5.26 Å². The van der Waals surface area contributed by atoms with Crippen LogP contribution in [0.1, 0.15) is 44.2 Å². The van der Waals surface area contributed by atoms with Crippen molar-refractivity contribution < 1.29 is 4.74 Å². The molecule has 1 aliphatic carbocycles. The van der Waals surface area contributed by atoms with Crippen LogP contribution >= 0.6 is 0 Å². The normalized spacial score (nSPS) is 23.9. The molecule has 1 fully saturated rings. The van der Waals surface area contributed by atoms with E-state index in [1.165, 1.54) is 5.56 Å². The molecule has 1 atom stereocenters. The molecule has 0 heterocycles. The molecule has 2 rings (SSSR count). The summed E-state index contributed by atoms with van der Waals surface area (Å²) in [6.45, 7) is 2.27. The zero-order chi connectivity index (χ0) is 14.4. The molecule has 0 radical (unpaired) electrons. The first kappa shape index (κ1) is 14.8. The molecule has 0 aromatic heterocycles. The molecule has 0 bridgehead atoms. The van der Waals surface area contributed by atoms with E-state index in [4.69, 9.17) is 15.7 Å². The molecule has 0 spiro atoms.